The first-order valence-electron chi connectivity index (χ1n) is 17.5. The first kappa shape index (κ1) is 35.2. The highest BCUT2D eigenvalue weighted by molar-refractivity contribution is 6.26. The summed E-state index contributed by atoms with van der Waals surface area (Å²) >= 11 is 0. The number of methoxy groups -OCH3 is 2. The molecule has 6 heterocycles. The van der Waals surface area contributed by atoms with Crippen LogP contribution in [-0.2, 0) is 42.9 Å². The summed E-state index contributed by atoms with van der Waals surface area (Å²) in [5.41, 5.74) is 10.1. The number of primary amides is 2. The molecular formula is C34H42N8O11. The Morgan fingerprint density at radius 3 is 1.47 bits per heavy atom. The summed E-state index contributed by atoms with van der Waals surface area (Å²) in [5, 5.41) is 12.8. The number of allylic oxidation sites excluding steroid dienone is 4. The molecule has 8 atom stereocenters. The number of piperazine rings is 2. The van der Waals surface area contributed by atoms with Crippen molar-refractivity contribution in [3.05, 3.63) is 45.1 Å². The second-order valence-electron chi connectivity index (χ2n) is 14.3. The van der Waals surface area contributed by atoms with Gasteiger partial charge in [0.2, 0.25) is 23.1 Å². The number of hydrogen-bond acceptors (Lipinski definition) is 17. The molecule has 53 heavy (non-hydrogen) atoms. The van der Waals surface area contributed by atoms with Gasteiger partial charge in [0.05, 0.1) is 59.9 Å². The number of rotatable bonds is 14. The van der Waals surface area contributed by atoms with E-state index in [9.17, 15) is 28.8 Å². The van der Waals surface area contributed by atoms with E-state index in [1.54, 1.807) is 13.8 Å². The minimum absolute atomic E-state index is 0.0795. The average Bonchev–Trinajstić information content (AvgIpc) is 3.96. The second-order valence-corrected chi connectivity index (χ2v) is 14.3. The Morgan fingerprint density at radius 2 is 1.11 bits per heavy atom. The molecule has 2 amide bonds. The van der Waals surface area contributed by atoms with Crippen molar-refractivity contribution in [3.8, 4) is 0 Å². The van der Waals surface area contributed by atoms with Crippen LogP contribution in [0, 0.1) is 11.8 Å². The van der Waals surface area contributed by atoms with Gasteiger partial charge in [-0.2, -0.15) is 0 Å². The zero-order chi connectivity index (χ0) is 37.7. The first-order chi connectivity index (χ1) is 25.3. The van der Waals surface area contributed by atoms with Crippen molar-refractivity contribution in [2.24, 2.45) is 23.3 Å². The quantitative estimate of drug-likeness (QED) is 0.0588. The molecule has 0 aromatic heterocycles. The predicted octanol–water partition coefficient (Wildman–Crippen LogP) is -3.01. The Balaban J connectivity index is 0.885. The zero-order valence-corrected chi connectivity index (χ0v) is 29.7. The molecule has 0 saturated carbocycles. The molecule has 8 N–H and O–H groups in total. The molecule has 0 bridgehead atoms. The molecule has 4 fully saturated rings. The van der Waals surface area contributed by atoms with Gasteiger partial charge in [-0.1, -0.05) is 0 Å². The number of Topliss-reactive ketones (excluding diaryl/α,β-unsaturated/α-hetero) is 4. The fraction of sp³-hybridized carbons (Fsp3) is 0.588. The standard InChI is InChI=1S/C34H42N8O11/c1-13-21(27(45)19-15(11-52-31(35)47)33(49-3)29-17(39-29)9-41(33)23(19)25(13)43)37-5-7-51-8-6-38-22-14(2)26(44)24-20(28(22)46)16(12-53-32(36)48)34(50-4)30-18(40-30)10-42(24)34/h15-18,29-30,37-40H,5-12H2,1-4H3,(H2,35,47)(H2,36,48)/t15-,16-,17?,18?,29+,30+,33-,34-/m1/s1. The molecular weight excluding hydrogens is 696 g/mol. The van der Waals surface area contributed by atoms with Crippen LogP contribution >= 0.6 is 0 Å². The number of ketones is 4. The molecule has 0 aromatic carbocycles. The molecule has 2 unspecified atom stereocenters. The van der Waals surface area contributed by atoms with Crippen LogP contribution in [0.25, 0.3) is 0 Å². The van der Waals surface area contributed by atoms with E-state index in [1.807, 2.05) is 9.80 Å². The van der Waals surface area contributed by atoms with Gasteiger partial charge in [-0.3, -0.25) is 19.2 Å². The number of hydrogen-bond donors (Lipinski definition) is 6. The van der Waals surface area contributed by atoms with Crippen molar-refractivity contribution < 1.29 is 52.5 Å². The minimum Gasteiger partial charge on any atom is -0.449 e. The highest BCUT2D eigenvalue weighted by atomic mass is 16.6. The maximum Gasteiger partial charge on any atom is 0.404 e. The molecule has 6 aliphatic heterocycles. The molecule has 19 nitrogen and oxygen atoms in total. The van der Waals surface area contributed by atoms with E-state index in [-0.39, 0.29) is 120 Å². The summed E-state index contributed by atoms with van der Waals surface area (Å²) in [7, 11) is 3.01. The van der Waals surface area contributed by atoms with E-state index in [0.717, 1.165) is 0 Å². The van der Waals surface area contributed by atoms with E-state index in [0.29, 0.717) is 13.1 Å². The maximum atomic E-state index is 14.0. The van der Waals surface area contributed by atoms with Crippen LogP contribution in [0.4, 0.5) is 9.59 Å². The number of nitrogens with zero attached hydrogens (tertiary/aromatic N) is 2. The Kier molecular flexibility index (Phi) is 8.22. The topological polar surface area (TPSA) is 275 Å². The molecule has 0 radical (unpaired) electrons. The molecule has 8 rings (SSSR count). The number of carbonyl (C=O) groups excluding carboxylic acids is 6. The normalized spacial score (nSPS) is 34.6. The van der Waals surface area contributed by atoms with E-state index in [2.05, 4.69) is 21.3 Å². The molecule has 2 aliphatic carbocycles. The number of carbonyl (C=O) groups is 6. The van der Waals surface area contributed by atoms with Gasteiger partial charge in [0.25, 0.3) is 0 Å². The van der Waals surface area contributed by atoms with Crippen molar-refractivity contribution in [1.29, 1.82) is 0 Å². The number of ether oxygens (including phenoxy) is 5. The Bertz CT molecular complexity index is 1760. The summed E-state index contributed by atoms with van der Waals surface area (Å²) in [6.07, 6.45) is -2.00. The van der Waals surface area contributed by atoms with E-state index < -0.39 is 47.0 Å². The van der Waals surface area contributed by atoms with Crippen LogP contribution in [0.5, 0.6) is 0 Å². The average molecular weight is 739 g/mol. The summed E-state index contributed by atoms with van der Waals surface area (Å²) in [5.74, 6) is -2.94. The third kappa shape index (κ3) is 4.83. The number of nitrogens with two attached hydrogens (primary N) is 2. The summed E-state index contributed by atoms with van der Waals surface area (Å²) in [6.45, 7) is 4.23. The Labute approximate surface area is 303 Å². The SMILES string of the molecule is CO[C@@]12[C@H](COC(N)=O)C3=C(C(=O)C(C)=C(NCCOCCNC4=C(C)C(=O)C5=C(C4=O)[C@@H](COC(N)=O)[C@@]4(OC)[C@H]6NC6CN54)C3=O)N1CC1N[C@@H]12. The Hall–Kier alpha value is -4.82. The predicted molar refractivity (Wildman–Crippen MR) is 179 cm³/mol. The maximum absolute atomic E-state index is 14.0. The first-order valence-corrected chi connectivity index (χ1v) is 17.5. The zero-order valence-electron chi connectivity index (χ0n) is 29.7. The van der Waals surface area contributed by atoms with Gasteiger partial charge in [0, 0.05) is 74.8 Å². The molecule has 4 saturated heterocycles. The van der Waals surface area contributed by atoms with Gasteiger partial charge in [0.15, 0.2) is 11.4 Å². The van der Waals surface area contributed by atoms with Crippen molar-refractivity contribution in [3.63, 3.8) is 0 Å². The molecule has 0 spiro atoms. The highest BCUT2D eigenvalue weighted by Gasteiger charge is 2.74. The molecule has 284 valence electrons. The monoisotopic (exact) mass is 738 g/mol. The van der Waals surface area contributed by atoms with Gasteiger partial charge in [-0.25, -0.2) is 9.59 Å². The summed E-state index contributed by atoms with van der Waals surface area (Å²) in [4.78, 5) is 82.2. The number of nitrogens with one attached hydrogen (secondary N) is 4. The van der Waals surface area contributed by atoms with Crippen LogP contribution in [0.15, 0.2) is 45.1 Å². The van der Waals surface area contributed by atoms with Crippen LogP contribution in [-0.4, -0.2) is 148 Å². The number of fused-ring (bicyclic) bond motifs is 8. The fourth-order valence-electron chi connectivity index (χ4n) is 9.61. The van der Waals surface area contributed by atoms with E-state index >= 15 is 0 Å². The lowest BCUT2D eigenvalue weighted by molar-refractivity contribution is -0.137. The number of amides is 2. The largest absolute Gasteiger partial charge is 0.449 e. The van der Waals surface area contributed by atoms with E-state index in [4.69, 9.17) is 35.2 Å². The van der Waals surface area contributed by atoms with Crippen molar-refractivity contribution in [2.75, 3.05) is 66.8 Å². The van der Waals surface area contributed by atoms with Gasteiger partial charge in [0.1, 0.15) is 13.2 Å². The molecule has 8 aliphatic rings. The molecule has 19 heteroatoms. The lowest BCUT2D eigenvalue weighted by Crippen LogP contribution is -2.55. The van der Waals surface area contributed by atoms with Gasteiger partial charge in [-0.15, -0.1) is 0 Å². The lowest BCUT2D eigenvalue weighted by Gasteiger charge is -2.39. The van der Waals surface area contributed by atoms with Crippen LogP contribution in [0.3, 0.4) is 0 Å². The van der Waals surface area contributed by atoms with Crippen LogP contribution in [0.2, 0.25) is 0 Å². The molecule has 0 aromatic rings. The fourth-order valence-corrected chi connectivity index (χ4v) is 9.61. The smallest absolute Gasteiger partial charge is 0.404 e. The summed E-state index contributed by atoms with van der Waals surface area (Å²) in [6, 6.07) is -0.152. The van der Waals surface area contributed by atoms with Crippen molar-refractivity contribution in [2.45, 2.75) is 49.5 Å². The third-order valence-corrected chi connectivity index (χ3v) is 12.0. The van der Waals surface area contributed by atoms with Gasteiger partial charge in [-0.05, 0) is 13.8 Å². The van der Waals surface area contributed by atoms with Gasteiger partial charge < -0.3 is 66.2 Å². The third-order valence-electron chi connectivity index (χ3n) is 12.0. The lowest BCUT2D eigenvalue weighted by atomic mass is 9.82. The summed E-state index contributed by atoms with van der Waals surface area (Å²) < 4.78 is 28.1. The van der Waals surface area contributed by atoms with Crippen LogP contribution in [0.1, 0.15) is 13.8 Å². The van der Waals surface area contributed by atoms with E-state index in [1.165, 1.54) is 14.2 Å². The van der Waals surface area contributed by atoms with Crippen molar-refractivity contribution >= 4 is 35.3 Å². The second kappa shape index (κ2) is 12.4. The highest BCUT2D eigenvalue weighted by Crippen LogP contribution is 2.57. The van der Waals surface area contributed by atoms with Crippen molar-refractivity contribution in [1.82, 2.24) is 31.1 Å². The van der Waals surface area contributed by atoms with Crippen LogP contribution < -0.4 is 32.7 Å². The minimum atomic E-state index is -1.08. The van der Waals surface area contributed by atoms with Gasteiger partial charge >= 0.3 is 12.2 Å². The Morgan fingerprint density at radius 1 is 0.717 bits per heavy atom.